The van der Waals surface area contributed by atoms with Crippen LogP contribution in [0.15, 0.2) is 35.4 Å². The largest absolute Gasteiger partial charge is 0.481 e. The monoisotopic (exact) mass is 280 g/mol. The first kappa shape index (κ1) is 16.5. The molecule has 2 heterocycles. The van der Waals surface area contributed by atoms with Gasteiger partial charge in [-0.05, 0) is 12.2 Å². The first-order chi connectivity index (χ1) is 9.71. The lowest BCUT2D eigenvalue weighted by atomic mass is 10.0. The maximum Gasteiger partial charge on any atom is 0.208 e. The number of fused-ring (bicyclic) bond motifs is 1. The highest BCUT2D eigenvalue weighted by molar-refractivity contribution is 6.00. The van der Waals surface area contributed by atoms with Crippen molar-refractivity contribution >= 4 is 5.78 Å². The van der Waals surface area contributed by atoms with Crippen molar-refractivity contribution in [1.82, 2.24) is 10.4 Å². The topological polar surface area (TPSA) is 50.8 Å². The van der Waals surface area contributed by atoms with Gasteiger partial charge >= 0.3 is 0 Å². The van der Waals surface area contributed by atoms with Crippen LogP contribution < -0.4 is 5.43 Å². The van der Waals surface area contributed by atoms with Gasteiger partial charge in [0.05, 0.1) is 25.5 Å². The number of ether oxygens (including phenoxy) is 2. The molecule has 0 fully saturated rings. The highest BCUT2D eigenvalue weighted by Crippen LogP contribution is 2.29. The normalized spacial score (nSPS) is 20.1. The summed E-state index contributed by atoms with van der Waals surface area (Å²) in [7, 11) is 3.26. The Morgan fingerprint density at radius 1 is 1.35 bits per heavy atom. The third-order valence-corrected chi connectivity index (χ3v) is 2.96. The number of carbonyl (C=O) groups excluding carboxylic acids is 1. The maximum atomic E-state index is 11.9. The Morgan fingerprint density at radius 3 is 2.60 bits per heavy atom. The second-order valence-electron chi connectivity index (χ2n) is 4.14. The van der Waals surface area contributed by atoms with Crippen molar-refractivity contribution in [2.45, 2.75) is 33.2 Å². The molecule has 0 aromatic heterocycles. The second-order valence-corrected chi connectivity index (χ2v) is 4.14. The molecule has 1 N–H and O–H groups in total. The van der Waals surface area contributed by atoms with Gasteiger partial charge in [0, 0.05) is 25.2 Å². The molecular weight excluding hydrogens is 256 g/mol. The van der Waals surface area contributed by atoms with Crippen LogP contribution >= 0.6 is 0 Å². The number of methoxy groups -OCH3 is 2. The van der Waals surface area contributed by atoms with E-state index >= 15 is 0 Å². The number of hydrogen-bond acceptors (Lipinski definition) is 5. The number of nitrogens with one attached hydrogen (secondary N) is 1. The Bertz CT molecular complexity index is 438. The van der Waals surface area contributed by atoms with Crippen LogP contribution in [0.25, 0.3) is 0 Å². The van der Waals surface area contributed by atoms with E-state index in [1.165, 1.54) is 0 Å². The molecule has 20 heavy (non-hydrogen) atoms. The van der Waals surface area contributed by atoms with Crippen molar-refractivity contribution in [3.63, 3.8) is 0 Å². The number of rotatable bonds is 5. The number of Topliss-reactive ketones (excluding diaryl/α,β-unsaturated/α-hetero) is 1. The first-order valence-corrected chi connectivity index (χ1v) is 6.97. The summed E-state index contributed by atoms with van der Waals surface area (Å²) < 4.78 is 10.4. The van der Waals surface area contributed by atoms with Gasteiger partial charge in [0.1, 0.15) is 0 Å². The zero-order valence-corrected chi connectivity index (χ0v) is 12.9. The zero-order valence-electron chi connectivity index (χ0n) is 12.9. The summed E-state index contributed by atoms with van der Waals surface area (Å²) in [5.74, 6) is 0.796. The number of nitrogens with zero attached hydrogens (tertiary/aromatic N) is 1. The van der Waals surface area contributed by atoms with E-state index in [1.54, 1.807) is 25.3 Å². The fourth-order valence-corrected chi connectivity index (χ4v) is 2.10. The molecule has 5 heteroatoms. The molecule has 0 saturated heterocycles. The predicted molar refractivity (Wildman–Crippen MR) is 78.5 cm³/mol. The third kappa shape index (κ3) is 3.29. The van der Waals surface area contributed by atoms with Gasteiger partial charge in [0.15, 0.2) is 5.78 Å². The Kier molecular flexibility index (Phi) is 6.48. The Morgan fingerprint density at radius 2 is 2.05 bits per heavy atom. The molecule has 0 spiro atoms. The van der Waals surface area contributed by atoms with Crippen LogP contribution in [0.5, 0.6) is 0 Å². The minimum Gasteiger partial charge on any atom is -0.481 e. The minimum absolute atomic E-state index is 0.0507. The molecule has 112 valence electrons. The molecule has 2 aliphatic rings. The minimum atomic E-state index is 0.0507. The number of carbonyl (C=O) groups is 1. The number of hydrogen-bond donors (Lipinski definition) is 1. The average Bonchev–Trinajstić information content (AvgIpc) is 2.91. The van der Waals surface area contributed by atoms with Crippen LogP contribution in [0.2, 0.25) is 0 Å². The van der Waals surface area contributed by atoms with E-state index in [4.69, 9.17) is 9.47 Å². The lowest BCUT2D eigenvalue weighted by Crippen LogP contribution is -2.40. The Balaban J connectivity index is 0.000000956. The number of hydrazine groups is 1. The van der Waals surface area contributed by atoms with E-state index in [9.17, 15) is 4.79 Å². The van der Waals surface area contributed by atoms with Crippen molar-refractivity contribution < 1.29 is 14.3 Å². The SMILES string of the molecule is CC.CCC(=O)C1=CC=C(OC)N2NC(COC)C=C12. The van der Waals surface area contributed by atoms with Gasteiger partial charge in [-0.15, -0.1) is 0 Å². The summed E-state index contributed by atoms with van der Waals surface area (Å²) in [6.45, 7) is 6.41. The lowest BCUT2D eigenvalue weighted by Gasteiger charge is -2.28. The van der Waals surface area contributed by atoms with Crippen LogP contribution in [0.3, 0.4) is 0 Å². The van der Waals surface area contributed by atoms with Gasteiger partial charge < -0.3 is 9.47 Å². The van der Waals surface area contributed by atoms with E-state index in [0.29, 0.717) is 24.5 Å². The second kappa shape index (κ2) is 7.87. The summed E-state index contributed by atoms with van der Waals surface area (Å²) in [5.41, 5.74) is 4.80. The molecule has 0 aliphatic carbocycles. The van der Waals surface area contributed by atoms with Gasteiger partial charge in [0.2, 0.25) is 5.88 Å². The van der Waals surface area contributed by atoms with E-state index in [2.05, 4.69) is 5.43 Å². The summed E-state index contributed by atoms with van der Waals surface area (Å²) in [6.07, 6.45) is 6.09. The van der Waals surface area contributed by atoms with E-state index < -0.39 is 0 Å². The highest BCUT2D eigenvalue weighted by Gasteiger charge is 2.32. The van der Waals surface area contributed by atoms with Crippen molar-refractivity contribution in [3.8, 4) is 0 Å². The molecule has 0 radical (unpaired) electrons. The molecule has 5 nitrogen and oxygen atoms in total. The van der Waals surface area contributed by atoms with Crippen molar-refractivity contribution in [2.75, 3.05) is 20.8 Å². The van der Waals surface area contributed by atoms with Crippen LogP contribution in [0, 0.1) is 0 Å². The molecular formula is C15H24N2O3. The first-order valence-electron chi connectivity index (χ1n) is 6.97. The quantitative estimate of drug-likeness (QED) is 0.836. The van der Waals surface area contributed by atoms with Gasteiger partial charge in [-0.3, -0.25) is 4.79 Å². The zero-order chi connectivity index (χ0) is 15.1. The van der Waals surface area contributed by atoms with Crippen LogP contribution in [0.1, 0.15) is 27.2 Å². The summed E-state index contributed by atoms with van der Waals surface area (Å²) in [5, 5.41) is 1.80. The van der Waals surface area contributed by atoms with E-state index in [1.807, 2.05) is 32.9 Å². The fourth-order valence-electron chi connectivity index (χ4n) is 2.10. The van der Waals surface area contributed by atoms with Crippen LogP contribution in [0.4, 0.5) is 0 Å². The highest BCUT2D eigenvalue weighted by atomic mass is 16.5. The molecule has 0 aromatic carbocycles. The van der Waals surface area contributed by atoms with Gasteiger partial charge in [-0.2, -0.15) is 0 Å². The molecule has 0 saturated carbocycles. The van der Waals surface area contributed by atoms with E-state index in [-0.39, 0.29) is 11.8 Å². The van der Waals surface area contributed by atoms with Gasteiger partial charge in [-0.25, -0.2) is 10.4 Å². The van der Waals surface area contributed by atoms with Gasteiger partial charge in [-0.1, -0.05) is 20.8 Å². The third-order valence-electron chi connectivity index (χ3n) is 2.96. The van der Waals surface area contributed by atoms with Crippen LogP contribution in [-0.4, -0.2) is 37.7 Å². The molecule has 0 amide bonds. The molecule has 0 bridgehead atoms. The lowest BCUT2D eigenvalue weighted by molar-refractivity contribution is -0.115. The smallest absolute Gasteiger partial charge is 0.208 e. The molecule has 1 atom stereocenters. The maximum absolute atomic E-state index is 11.9. The van der Waals surface area contributed by atoms with Crippen molar-refractivity contribution in [1.29, 1.82) is 0 Å². The Labute approximate surface area is 120 Å². The van der Waals surface area contributed by atoms with E-state index in [0.717, 1.165) is 5.70 Å². The molecule has 2 aliphatic heterocycles. The summed E-state index contributed by atoms with van der Waals surface area (Å²) in [6, 6.07) is 0.0507. The average molecular weight is 280 g/mol. The summed E-state index contributed by atoms with van der Waals surface area (Å²) in [4.78, 5) is 11.9. The molecule has 0 aromatic rings. The molecule has 2 rings (SSSR count). The number of ketones is 1. The van der Waals surface area contributed by atoms with Gasteiger partial charge in [0.25, 0.3) is 0 Å². The molecule has 1 unspecified atom stereocenters. The standard InChI is InChI=1S/C13H18N2O3.C2H6/c1-4-12(16)10-5-6-13(18-3)15-11(10)7-9(14-15)8-17-2;1-2/h5-7,9,14H,4,8H2,1-3H3;1-2H3. The van der Waals surface area contributed by atoms with Crippen LogP contribution in [-0.2, 0) is 14.3 Å². The fraction of sp³-hybridized carbons (Fsp3) is 0.533. The predicted octanol–water partition coefficient (Wildman–Crippen LogP) is 2.14. The number of allylic oxidation sites excluding steroid dienone is 3. The summed E-state index contributed by atoms with van der Waals surface area (Å²) >= 11 is 0. The van der Waals surface area contributed by atoms with Crippen molar-refractivity contribution in [3.05, 3.63) is 35.4 Å². The Hall–Kier alpha value is -1.59. The van der Waals surface area contributed by atoms with Crippen molar-refractivity contribution in [2.24, 2.45) is 0 Å².